The van der Waals surface area contributed by atoms with Crippen LogP contribution in [0.15, 0.2) is 24.5 Å². The van der Waals surface area contributed by atoms with Crippen LogP contribution in [0.5, 0.6) is 0 Å². The Bertz CT molecular complexity index is 994. The van der Waals surface area contributed by atoms with Crippen molar-refractivity contribution in [1.82, 2.24) is 15.3 Å². The number of anilines is 2. The molecule has 2 fully saturated rings. The lowest BCUT2D eigenvalue weighted by Crippen LogP contribution is -2.42. The number of halogens is 2. The monoisotopic (exact) mass is 503 g/mol. The van der Waals surface area contributed by atoms with Crippen molar-refractivity contribution in [1.29, 1.82) is 0 Å². The standard InChI is InChI=1S/C27H39F2N5O2/c1-18(16-35-3)33-20-4-6-21(7-5-20)34-25-13-22(23(28)15-30-25)19-12-24(26(29)31-14-19)32-17-27(2)8-10-36-11-9-27/h12-15,18,20-21,32-33H,4-11,16-17H2,1-3H3,(H,30,34). The van der Waals surface area contributed by atoms with Gasteiger partial charge in [-0.2, -0.15) is 4.39 Å². The van der Waals surface area contributed by atoms with Gasteiger partial charge in [-0.15, -0.1) is 0 Å². The molecule has 7 nitrogen and oxygen atoms in total. The van der Waals surface area contributed by atoms with Gasteiger partial charge in [0.25, 0.3) is 0 Å². The van der Waals surface area contributed by atoms with Gasteiger partial charge < -0.3 is 25.4 Å². The lowest BCUT2D eigenvalue weighted by molar-refractivity contribution is 0.0300. The van der Waals surface area contributed by atoms with E-state index in [2.05, 4.69) is 39.8 Å². The van der Waals surface area contributed by atoms with Gasteiger partial charge in [0.05, 0.1) is 18.5 Å². The molecule has 0 spiro atoms. The summed E-state index contributed by atoms with van der Waals surface area (Å²) in [5.41, 5.74) is 1.17. The van der Waals surface area contributed by atoms with Gasteiger partial charge in [-0.1, -0.05) is 6.92 Å². The molecule has 0 bridgehead atoms. The van der Waals surface area contributed by atoms with Crippen molar-refractivity contribution in [2.24, 2.45) is 5.41 Å². The van der Waals surface area contributed by atoms with Crippen LogP contribution < -0.4 is 16.0 Å². The zero-order chi connectivity index (χ0) is 25.5. The molecule has 2 aromatic heterocycles. The van der Waals surface area contributed by atoms with Crippen LogP contribution in [0.2, 0.25) is 0 Å². The maximum Gasteiger partial charge on any atom is 0.236 e. The van der Waals surface area contributed by atoms with Crippen LogP contribution in [0.25, 0.3) is 11.1 Å². The summed E-state index contributed by atoms with van der Waals surface area (Å²) in [7, 11) is 1.72. The summed E-state index contributed by atoms with van der Waals surface area (Å²) in [4.78, 5) is 8.15. The summed E-state index contributed by atoms with van der Waals surface area (Å²) in [6.45, 7) is 7.02. The summed E-state index contributed by atoms with van der Waals surface area (Å²) in [6, 6.07) is 4.40. The van der Waals surface area contributed by atoms with Gasteiger partial charge in [-0.3, -0.25) is 0 Å². The molecule has 1 saturated carbocycles. The van der Waals surface area contributed by atoms with Crippen molar-refractivity contribution in [3.8, 4) is 11.1 Å². The zero-order valence-corrected chi connectivity index (χ0v) is 21.6. The third-order valence-electron chi connectivity index (χ3n) is 7.43. The highest BCUT2D eigenvalue weighted by atomic mass is 19.1. The van der Waals surface area contributed by atoms with E-state index in [1.807, 2.05) is 0 Å². The van der Waals surface area contributed by atoms with E-state index in [0.717, 1.165) is 38.5 Å². The van der Waals surface area contributed by atoms with Crippen molar-refractivity contribution < 1.29 is 18.3 Å². The molecule has 198 valence electrons. The van der Waals surface area contributed by atoms with E-state index in [1.54, 1.807) is 19.2 Å². The highest BCUT2D eigenvalue weighted by Crippen LogP contribution is 2.32. The Morgan fingerprint density at radius 1 is 1.08 bits per heavy atom. The number of ether oxygens (including phenoxy) is 2. The molecular weight excluding hydrogens is 464 g/mol. The van der Waals surface area contributed by atoms with E-state index in [4.69, 9.17) is 9.47 Å². The van der Waals surface area contributed by atoms with Crippen LogP contribution in [0.4, 0.5) is 20.3 Å². The number of hydrogen-bond donors (Lipinski definition) is 3. The fourth-order valence-electron chi connectivity index (χ4n) is 5.12. The lowest BCUT2D eigenvalue weighted by Gasteiger charge is -2.33. The van der Waals surface area contributed by atoms with Crippen molar-refractivity contribution in [2.45, 2.75) is 70.5 Å². The number of nitrogens with one attached hydrogen (secondary N) is 3. The van der Waals surface area contributed by atoms with Gasteiger partial charge in [0.15, 0.2) is 0 Å². The van der Waals surface area contributed by atoms with Crippen LogP contribution >= 0.6 is 0 Å². The second-order valence-electron chi connectivity index (χ2n) is 10.6. The van der Waals surface area contributed by atoms with E-state index in [9.17, 15) is 8.78 Å². The van der Waals surface area contributed by atoms with E-state index < -0.39 is 11.8 Å². The summed E-state index contributed by atoms with van der Waals surface area (Å²) in [6.07, 6.45) is 8.53. The molecule has 1 aliphatic carbocycles. The molecule has 0 aromatic carbocycles. The molecule has 1 atom stereocenters. The van der Waals surface area contributed by atoms with Crippen LogP contribution in [0.3, 0.4) is 0 Å². The van der Waals surface area contributed by atoms with Gasteiger partial charge in [0, 0.05) is 62.3 Å². The van der Waals surface area contributed by atoms with E-state index in [1.165, 1.54) is 12.4 Å². The normalized spacial score (nSPS) is 22.7. The zero-order valence-electron chi connectivity index (χ0n) is 21.6. The molecule has 1 saturated heterocycles. The first-order valence-corrected chi connectivity index (χ1v) is 13.0. The highest BCUT2D eigenvalue weighted by Gasteiger charge is 2.28. The van der Waals surface area contributed by atoms with Gasteiger partial charge in [0.2, 0.25) is 5.95 Å². The fourth-order valence-corrected chi connectivity index (χ4v) is 5.12. The second-order valence-corrected chi connectivity index (χ2v) is 10.6. The number of nitrogens with zero attached hydrogens (tertiary/aromatic N) is 2. The fraction of sp³-hybridized carbons (Fsp3) is 0.630. The van der Waals surface area contributed by atoms with Crippen LogP contribution in [0, 0.1) is 17.2 Å². The van der Waals surface area contributed by atoms with Gasteiger partial charge in [-0.25, -0.2) is 14.4 Å². The molecule has 1 aliphatic heterocycles. The highest BCUT2D eigenvalue weighted by molar-refractivity contribution is 5.69. The Hall–Kier alpha value is -2.36. The number of methoxy groups -OCH3 is 1. The van der Waals surface area contributed by atoms with E-state index >= 15 is 0 Å². The first-order chi connectivity index (χ1) is 17.3. The molecule has 2 aliphatic rings. The average molecular weight is 504 g/mol. The minimum Gasteiger partial charge on any atom is -0.383 e. The quantitative estimate of drug-likeness (QED) is 0.394. The predicted octanol–water partition coefficient (Wildman–Crippen LogP) is 5.00. The third-order valence-corrected chi connectivity index (χ3v) is 7.43. The topological polar surface area (TPSA) is 80.3 Å². The van der Waals surface area contributed by atoms with Crippen LogP contribution in [0.1, 0.15) is 52.4 Å². The molecule has 4 rings (SSSR count). The number of pyridine rings is 2. The molecule has 3 heterocycles. The van der Waals surface area contributed by atoms with Crippen LogP contribution in [-0.4, -0.2) is 61.6 Å². The van der Waals surface area contributed by atoms with Crippen molar-refractivity contribution in [3.63, 3.8) is 0 Å². The summed E-state index contributed by atoms with van der Waals surface area (Å²) >= 11 is 0. The Morgan fingerprint density at radius 3 is 2.53 bits per heavy atom. The predicted molar refractivity (Wildman–Crippen MR) is 138 cm³/mol. The van der Waals surface area contributed by atoms with Crippen molar-refractivity contribution in [3.05, 3.63) is 36.3 Å². The Balaban J connectivity index is 1.39. The van der Waals surface area contributed by atoms with Crippen LogP contribution in [-0.2, 0) is 9.47 Å². The molecule has 0 radical (unpaired) electrons. The lowest BCUT2D eigenvalue weighted by atomic mass is 9.82. The first-order valence-electron chi connectivity index (χ1n) is 13.0. The maximum absolute atomic E-state index is 14.8. The van der Waals surface area contributed by atoms with E-state index in [0.29, 0.717) is 55.4 Å². The minimum atomic E-state index is -0.590. The molecule has 1 unspecified atom stereocenters. The van der Waals surface area contributed by atoms with Gasteiger partial charge >= 0.3 is 0 Å². The molecule has 36 heavy (non-hydrogen) atoms. The average Bonchev–Trinajstić information content (AvgIpc) is 2.87. The summed E-state index contributed by atoms with van der Waals surface area (Å²) in [5, 5.41) is 10.3. The third kappa shape index (κ3) is 7.11. The molecule has 2 aromatic rings. The number of aromatic nitrogens is 2. The van der Waals surface area contributed by atoms with Gasteiger partial charge in [-0.05, 0) is 63.0 Å². The maximum atomic E-state index is 14.8. The second kappa shape index (κ2) is 12.3. The number of hydrogen-bond acceptors (Lipinski definition) is 7. The summed E-state index contributed by atoms with van der Waals surface area (Å²) < 4.78 is 39.9. The smallest absolute Gasteiger partial charge is 0.236 e. The minimum absolute atomic E-state index is 0.0239. The number of rotatable bonds is 10. The Labute approximate surface area is 212 Å². The van der Waals surface area contributed by atoms with E-state index in [-0.39, 0.29) is 17.1 Å². The largest absolute Gasteiger partial charge is 0.383 e. The van der Waals surface area contributed by atoms with Crippen molar-refractivity contribution in [2.75, 3.05) is 44.1 Å². The molecule has 9 heteroatoms. The van der Waals surface area contributed by atoms with Gasteiger partial charge in [0.1, 0.15) is 11.6 Å². The van der Waals surface area contributed by atoms with Crippen molar-refractivity contribution >= 4 is 11.5 Å². The molecule has 0 amide bonds. The summed E-state index contributed by atoms with van der Waals surface area (Å²) in [5.74, 6) is -0.437. The SMILES string of the molecule is COCC(C)NC1CCC(Nc2cc(-c3cnc(F)c(NCC4(C)CCOCC4)c3)c(F)cn2)CC1. The Morgan fingerprint density at radius 2 is 1.81 bits per heavy atom. The Kier molecular flexibility index (Phi) is 9.09. The molecular formula is C27H39F2N5O2. The molecule has 3 N–H and O–H groups in total. The first kappa shape index (κ1) is 26.7.